The lowest BCUT2D eigenvalue weighted by atomic mass is 10.1. The lowest BCUT2D eigenvalue weighted by Crippen LogP contribution is -1.94. The molecule has 1 aromatic carbocycles. The summed E-state index contributed by atoms with van der Waals surface area (Å²) in [5.74, 6) is 0.525. The largest absolute Gasteiger partial charge is 0.494 e. The van der Waals surface area contributed by atoms with Gasteiger partial charge in [-0.1, -0.05) is 11.6 Å². The highest BCUT2D eigenvalue weighted by Crippen LogP contribution is 2.34. The molecule has 0 aliphatic heterocycles. The Kier molecular flexibility index (Phi) is 3.33. The minimum Gasteiger partial charge on any atom is -0.494 e. The molecule has 0 saturated carbocycles. The predicted molar refractivity (Wildman–Crippen MR) is 55.7 cm³/mol. The molecule has 2 nitrogen and oxygen atoms in total. The summed E-state index contributed by atoms with van der Waals surface area (Å²) in [6.07, 6.45) is 0. The molecule has 0 N–H and O–H groups in total. The zero-order valence-electron chi connectivity index (χ0n) is 7.23. The van der Waals surface area contributed by atoms with Gasteiger partial charge in [0.15, 0.2) is 11.5 Å². The van der Waals surface area contributed by atoms with Gasteiger partial charge in [0, 0.05) is 5.56 Å². The van der Waals surface area contributed by atoms with Gasteiger partial charge >= 0.3 is 0 Å². The first-order chi connectivity index (χ1) is 6.06. The number of hydrogen-bond acceptors (Lipinski definition) is 2. The fourth-order valence-corrected chi connectivity index (χ4v) is 1.99. The second kappa shape index (κ2) is 4.11. The van der Waals surface area contributed by atoms with Crippen molar-refractivity contribution in [3.8, 4) is 5.75 Å². The van der Waals surface area contributed by atoms with Gasteiger partial charge in [-0.05, 0) is 35.0 Å². The molecule has 0 aromatic heterocycles. The van der Waals surface area contributed by atoms with Gasteiger partial charge < -0.3 is 4.74 Å². The fraction of sp³-hybridized carbons (Fsp3) is 0.222. The van der Waals surface area contributed by atoms with Crippen LogP contribution in [-0.4, -0.2) is 12.9 Å². The Morgan fingerprint density at radius 1 is 1.54 bits per heavy atom. The minimum atomic E-state index is -0.0229. The van der Waals surface area contributed by atoms with E-state index in [1.54, 1.807) is 12.1 Å². The van der Waals surface area contributed by atoms with E-state index in [9.17, 15) is 4.79 Å². The van der Waals surface area contributed by atoms with Crippen molar-refractivity contribution in [1.82, 2.24) is 0 Å². The first kappa shape index (κ1) is 10.5. The zero-order chi connectivity index (χ0) is 10.0. The predicted octanol–water partition coefficient (Wildman–Crippen LogP) is 3.31. The van der Waals surface area contributed by atoms with Crippen LogP contribution < -0.4 is 4.74 Å². The molecule has 1 aromatic rings. The van der Waals surface area contributed by atoms with Gasteiger partial charge in [-0.25, -0.2) is 0 Å². The molecule has 0 radical (unpaired) electrons. The third kappa shape index (κ3) is 2.23. The number of benzene rings is 1. The van der Waals surface area contributed by atoms with Crippen LogP contribution in [0, 0.1) is 0 Å². The molecule has 0 unspecified atom stereocenters. The van der Waals surface area contributed by atoms with E-state index >= 15 is 0 Å². The lowest BCUT2D eigenvalue weighted by Gasteiger charge is -2.06. The third-order valence-corrected chi connectivity index (χ3v) is 2.48. The quantitative estimate of drug-likeness (QED) is 0.765. The van der Waals surface area contributed by atoms with E-state index in [-0.39, 0.29) is 5.78 Å². The van der Waals surface area contributed by atoms with Gasteiger partial charge in [0.25, 0.3) is 0 Å². The molecule has 0 bridgehead atoms. The Morgan fingerprint density at radius 2 is 2.15 bits per heavy atom. The number of Topliss-reactive ketones (excluding diaryl/α,β-unsaturated/α-hetero) is 1. The van der Waals surface area contributed by atoms with Gasteiger partial charge in [0.1, 0.15) is 0 Å². The second-order valence-corrected chi connectivity index (χ2v) is 3.79. The van der Waals surface area contributed by atoms with Crippen molar-refractivity contribution >= 4 is 33.3 Å². The van der Waals surface area contributed by atoms with Crippen LogP contribution in [0.1, 0.15) is 17.3 Å². The first-order valence-electron chi connectivity index (χ1n) is 3.60. The standard InChI is InChI=1S/C9H8BrClO2/c1-5(12)6-3-7(10)9(13-2)8(11)4-6/h3-4H,1-2H3. The molecule has 0 aliphatic carbocycles. The van der Waals surface area contributed by atoms with Gasteiger partial charge in [-0.3, -0.25) is 4.79 Å². The number of carbonyl (C=O) groups is 1. The molecule has 0 saturated heterocycles. The van der Waals surface area contributed by atoms with Crippen molar-refractivity contribution in [2.24, 2.45) is 0 Å². The van der Waals surface area contributed by atoms with E-state index < -0.39 is 0 Å². The lowest BCUT2D eigenvalue weighted by molar-refractivity contribution is 0.101. The molecule has 0 fully saturated rings. The van der Waals surface area contributed by atoms with Crippen molar-refractivity contribution < 1.29 is 9.53 Å². The Balaban J connectivity index is 3.28. The monoisotopic (exact) mass is 262 g/mol. The molecule has 0 aliphatic rings. The van der Waals surface area contributed by atoms with E-state index in [0.717, 1.165) is 0 Å². The van der Waals surface area contributed by atoms with Crippen molar-refractivity contribution in [1.29, 1.82) is 0 Å². The normalized spacial score (nSPS) is 9.85. The zero-order valence-corrected chi connectivity index (χ0v) is 9.57. The number of carbonyl (C=O) groups excluding carboxylic acids is 1. The van der Waals surface area contributed by atoms with Gasteiger partial charge in [-0.2, -0.15) is 0 Å². The van der Waals surface area contributed by atoms with Crippen LogP contribution in [0.25, 0.3) is 0 Å². The van der Waals surface area contributed by atoms with Crippen LogP contribution in [-0.2, 0) is 0 Å². The number of methoxy groups -OCH3 is 1. The molecule has 0 spiro atoms. The van der Waals surface area contributed by atoms with Crippen LogP contribution in [0.2, 0.25) is 5.02 Å². The first-order valence-corrected chi connectivity index (χ1v) is 4.77. The highest BCUT2D eigenvalue weighted by molar-refractivity contribution is 9.10. The van der Waals surface area contributed by atoms with Crippen LogP contribution in [0.4, 0.5) is 0 Å². The number of ether oxygens (including phenoxy) is 1. The fourth-order valence-electron chi connectivity index (χ4n) is 0.958. The Morgan fingerprint density at radius 3 is 2.54 bits per heavy atom. The van der Waals surface area contributed by atoms with E-state index in [1.807, 2.05) is 0 Å². The summed E-state index contributed by atoms with van der Waals surface area (Å²) in [7, 11) is 1.53. The summed E-state index contributed by atoms with van der Waals surface area (Å²) in [6.45, 7) is 1.49. The number of hydrogen-bond donors (Lipinski definition) is 0. The summed E-state index contributed by atoms with van der Waals surface area (Å²) in [5, 5.41) is 0.432. The van der Waals surface area contributed by atoms with E-state index in [2.05, 4.69) is 15.9 Å². The molecule has 0 atom stereocenters. The van der Waals surface area contributed by atoms with Crippen molar-refractivity contribution in [3.05, 3.63) is 27.2 Å². The minimum absolute atomic E-state index is 0.0229. The Bertz CT molecular complexity index is 326. The smallest absolute Gasteiger partial charge is 0.159 e. The molecule has 1 rings (SSSR count). The summed E-state index contributed by atoms with van der Waals surface area (Å²) in [6, 6.07) is 3.28. The highest BCUT2D eigenvalue weighted by Gasteiger charge is 2.09. The second-order valence-electron chi connectivity index (χ2n) is 2.53. The van der Waals surface area contributed by atoms with Crippen LogP contribution in [0.3, 0.4) is 0 Å². The van der Waals surface area contributed by atoms with E-state index in [0.29, 0.717) is 20.8 Å². The maximum atomic E-state index is 11.0. The number of rotatable bonds is 2. The maximum absolute atomic E-state index is 11.0. The van der Waals surface area contributed by atoms with Crippen molar-refractivity contribution in [3.63, 3.8) is 0 Å². The molecule has 70 valence electrons. The number of halogens is 2. The summed E-state index contributed by atoms with van der Waals surface area (Å²) < 4.78 is 5.71. The molecule has 0 amide bonds. The van der Waals surface area contributed by atoms with E-state index in [1.165, 1.54) is 14.0 Å². The highest BCUT2D eigenvalue weighted by atomic mass is 79.9. The summed E-state index contributed by atoms with van der Waals surface area (Å²) in [4.78, 5) is 11.0. The van der Waals surface area contributed by atoms with Gasteiger partial charge in [0.05, 0.1) is 16.6 Å². The van der Waals surface area contributed by atoms with Crippen molar-refractivity contribution in [2.75, 3.05) is 7.11 Å². The SMILES string of the molecule is COc1c(Cl)cc(C(C)=O)cc1Br. The van der Waals surface area contributed by atoms with Crippen LogP contribution >= 0.6 is 27.5 Å². The molecular formula is C9H8BrClO2. The summed E-state index contributed by atoms with van der Waals surface area (Å²) >= 11 is 9.14. The average molecular weight is 264 g/mol. The van der Waals surface area contributed by atoms with E-state index in [4.69, 9.17) is 16.3 Å². The molecule has 13 heavy (non-hydrogen) atoms. The third-order valence-electron chi connectivity index (χ3n) is 1.61. The topological polar surface area (TPSA) is 26.3 Å². The molecule has 4 heteroatoms. The van der Waals surface area contributed by atoms with Crippen molar-refractivity contribution in [2.45, 2.75) is 6.92 Å². The maximum Gasteiger partial charge on any atom is 0.159 e. The number of ketones is 1. The van der Waals surface area contributed by atoms with Crippen LogP contribution in [0.15, 0.2) is 16.6 Å². The van der Waals surface area contributed by atoms with Gasteiger partial charge in [-0.15, -0.1) is 0 Å². The average Bonchev–Trinajstić information content (AvgIpc) is 2.03. The Hall–Kier alpha value is -0.540. The molecular weight excluding hydrogens is 255 g/mol. The van der Waals surface area contributed by atoms with Crippen LogP contribution in [0.5, 0.6) is 5.75 Å². The molecule has 0 heterocycles. The summed E-state index contributed by atoms with van der Waals surface area (Å²) in [5.41, 5.74) is 0.567. The van der Waals surface area contributed by atoms with Gasteiger partial charge in [0.2, 0.25) is 0 Å². The Labute approximate surface area is 90.0 Å².